The Bertz CT molecular complexity index is 685. The van der Waals surface area contributed by atoms with E-state index in [0.717, 1.165) is 5.06 Å². The Morgan fingerprint density at radius 1 is 1.22 bits per heavy atom. The summed E-state index contributed by atoms with van der Waals surface area (Å²) in [5, 5.41) is 4.32. The minimum atomic E-state index is -4.69. The lowest BCUT2D eigenvalue weighted by molar-refractivity contribution is -0.159. The molecule has 0 bridgehead atoms. The van der Waals surface area contributed by atoms with Gasteiger partial charge in [0.1, 0.15) is 0 Å². The molecule has 1 aromatic carbocycles. The van der Waals surface area contributed by atoms with E-state index in [2.05, 4.69) is 14.7 Å². The van der Waals surface area contributed by atoms with Crippen molar-refractivity contribution in [3.05, 3.63) is 30.2 Å². The standard InChI is InChI=1S/C13H13F3N4O3/c1-19(12(21)20(2)22-3)9-6-4-8(5-7-9)10-17-11(23-18-10)13(14,15)16/h4-7H,1-3H3. The average molecular weight is 330 g/mol. The van der Waals surface area contributed by atoms with Crippen molar-refractivity contribution in [1.29, 1.82) is 0 Å². The van der Waals surface area contributed by atoms with E-state index in [-0.39, 0.29) is 5.82 Å². The molecule has 0 spiro atoms. The Balaban J connectivity index is 2.19. The predicted molar refractivity (Wildman–Crippen MR) is 73.3 cm³/mol. The molecular weight excluding hydrogens is 317 g/mol. The van der Waals surface area contributed by atoms with Crippen molar-refractivity contribution in [1.82, 2.24) is 15.2 Å². The van der Waals surface area contributed by atoms with E-state index < -0.39 is 18.1 Å². The van der Waals surface area contributed by atoms with Crippen LogP contribution in [0.15, 0.2) is 28.8 Å². The van der Waals surface area contributed by atoms with Crippen LogP contribution in [0.4, 0.5) is 23.7 Å². The number of anilines is 1. The molecule has 2 rings (SSSR count). The van der Waals surface area contributed by atoms with Crippen molar-refractivity contribution >= 4 is 11.7 Å². The maximum atomic E-state index is 12.4. The normalized spacial score (nSPS) is 11.4. The second kappa shape index (κ2) is 6.24. The molecule has 0 aliphatic rings. The van der Waals surface area contributed by atoms with E-state index >= 15 is 0 Å². The first-order valence-electron chi connectivity index (χ1n) is 6.31. The fraction of sp³-hybridized carbons (Fsp3) is 0.308. The Labute approximate surface area is 129 Å². The van der Waals surface area contributed by atoms with Gasteiger partial charge < -0.3 is 4.52 Å². The summed E-state index contributed by atoms with van der Waals surface area (Å²) in [5.74, 6) is -1.60. The molecule has 23 heavy (non-hydrogen) atoms. The minimum absolute atomic E-state index is 0.188. The zero-order valence-electron chi connectivity index (χ0n) is 12.5. The highest BCUT2D eigenvalue weighted by molar-refractivity contribution is 5.90. The third-order valence-electron chi connectivity index (χ3n) is 3.01. The molecule has 0 radical (unpaired) electrons. The number of amides is 2. The number of hydroxylamine groups is 2. The van der Waals surface area contributed by atoms with Gasteiger partial charge in [-0.15, -0.1) is 0 Å². The number of hydrogen-bond acceptors (Lipinski definition) is 5. The number of nitrogens with zero attached hydrogens (tertiary/aromatic N) is 4. The van der Waals surface area contributed by atoms with Gasteiger partial charge in [-0.25, -0.2) is 9.86 Å². The molecule has 0 saturated carbocycles. The lowest BCUT2D eigenvalue weighted by atomic mass is 10.2. The molecule has 2 amide bonds. The summed E-state index contributed by atoms with van der Waals surface area (Å²) < 4.78 is 41.5. The molecule has 0 aliphatic carbocycles. The van der Waals surface area contributed by atoms with Crippen LogP contribution in [0.1, 0.15) is 5.89 Å². The van der Waals surface area contributed by atoms with Crippen molar-refractivity contribution < 1.29 is 27.3 Å². The molecule has 0 unspecified atom stereocenters. The molecule has 0 atom stereocenters. The maximum absolute atomic E-state index is 12.4. The van der Waals surface area contributed by atoms with Crippen LogP contribution in [-0.2, 0) is 11.0 Å². The average Bonchev–Trinajstić information content (AvgIpc) is 3.03. The first-order valence-corrected chi connectivity index (χ1v) is 6.31. The Kier molecular flexibility index (Phi) is 4.55. The van der Waals surface area contributed by atoms with Gasteiger partial charge in [0.25, 0.3) is 0 Å². The summed E-state index contributed by atoms with van der Waals surface area (Å²) in [6.07, 6.45) is -4.69. The fourth-order valence-electron chi connectivity index (χ4n) is 1.69. The lowest BCUT2D eigenvalue weighted by Crippen LogP contribution is -2.38. The van der Waals surface area contributed by atoms with E-state index in [1.54, 1.807) is 12.1 Å². The molecule has 0 aliphatic heterocycles. The number of carbonyl (C=O) groups excluding carboxylic acids is 1. The van der Waals surface area contributed by atoms with Crippen LogP contribution in [0.3, 0.4) is 0 Å². The molecule has 0 N–H and O–H groups in total. The molecule has 10 heteroatoms. The van der Waals surface area contributed by atoms with Gasteiger partial charge in [-0.05, 0) is 24.3 Å². The second-order valence-corrected chi connectivity index (χ2v) is 4.49. The van der Waals surface area contributed by atoms with Gasteiger partial charge in [0.15, 0.2) is 0 Å². The van der Waals surface area contributed by atoms with Crippen LogP contribution in [0.5, 0.6) is 0 Å². The number of halogens is 3. The summed E-state index contributed by atoms with van der Waals surface area (Å²) in [6.45, 7) is 0. The Morgan fingerprint density at radius 2 is 1.83 bits per heavy atom. The van der Waals surface area contributed by atoms with Crippen LogP contribution in [-0.4, -0.2) is 42.4 Å². The van der Waals surface area contributed by atoms with E-state index in [1.165, 1.54) is 38.2 Å². The zero-order chi connectivity index (χ0) is 17.2. The molecule has 124 valence electrons. The van der Waals surface area contributed by atoms with E-state index in [0.29, 0.717) is 11.3 Å². The summed E-state index contributed by atoms with van der Waals surface area (Å²) in [5.41, 5.74) is 0.844. The predicted octanol–water partition coefficient (Wildman–Crippen LogP) is 2.80. The van der Waals surface area contributed by atoms with E-state index in [1.807, 2.05) is 0 Å². The number of alkyl halides is 3. The molecule has 0 saturated heterocycles. The van der Waals surface area contributed by atoms with Gasteiger partial charge >= 0.3 is 18.1 Å². The quantitative estimate of drug-likeness (QED) is 0.809. The lowest BCUT2D eigenvalue weighted by Gasteiger charge is -2.22. The molecule has 1 heterocycles. The summed E-state index contributed by atoms with van der Waals surface area (Å²) in [4.78, 5) is 21.3. The van der Waals surface area contributed by atoms with Crippen molar-refractivity contribution in [2.45, 2.75) is 6.18 Å². The van der Waals surface area contributed by atoms with Crippen molar-refractivity contribution in [2.24, 2.45) is 0 Å². The summed E-state index contributed by atoms with van der Waals surface area (Å²) >= 11 is 0. The van der Waals surface area contributed by atoms with Crippen molar-refractivity contribution in [3.63, 3.8) is 0 Å². The largest absolute Gasteiger partial charge is 0.471 e. The van der Waals surface area contributed by atoms with Gasteiger partial charge in [-0.1, -0.05) is 5.16 Å². The number of carbonyl (C=O) groups is 1. The molecule has 1 aromatic heterocycles. The number of urea groups is 1. The summed E-state index contributed by atoms with van der Waals surface area (Å²) in [7, 11) is 4.33. The number of hydrogen-bond donors (Lipinski definition) is 0. The maximum Gasteiger partial charge on any atom is 0.471 e. The summed E-state index contributed by atoms with van der Waals surface area (Å²) in [6, 6.07) is 5.63. The first kappa shape index (κ1) is 16.7. The number of aromatic nitrogens is 2. The topological polar surface area (TPSA) is 71.7 Å². The van der Waals surface area contributed by atoms with Crippen molar-refractivity contribution in [2.75, 3.05) is 26.1 Å². The van der Waals surface area contributed by atoms with Crippen LogP contribution in [0.2, 0.25) is 0 Å². The van der Waals surface area contributed by atoms with Crippen LogP contribution < -0.4 is 4.90 Å². The number of benzene rings is 1. The van der Waals surface area contributed by atoms with E-state index in [4.69, 9.17) is 4.84 Å². The third-order valence-corrected chi connectivity index (χ3v) is 3.01. The SMILES string of the molecule is CON(C)C(=O)N(C)c1ccc(-c2noc(C(F)(F)F)n2)cc1. The highest BCUT2D eigenvalue weighted by atomic mass is 19.4. The number of rotatable bonds is 3. The molecule has 7 nitrogen and oxygen atoms in total. The highest BCUT2D eigenvalue weighted by Gasteiger charge is 2.38. The van der Waals surface area contributed by atoms with Gasteiger partial charge in [-0.2, -0.15) is 18.2 Å². The molecule has 0 fully saturated rings. The highest BCUT2D eigenvalue weighted by Crippen LogP contribution is 2.29. The second-order valence-electron chi connectivity index (χ2n) is 4.49. The molecule has 2 aromatic rings. The first-order chi connectivity index (χ1) is 10.7. The van der Waals surface area contributed by atoms with Gasteiger partial charge in [0, 0.05) is 25.3 Å². The smallest absolute Gasteiger partial charge is 0.329 e. The van der Waals surface area contributed by atoms with Crippen molar-refractivity contribution in [3.8, 4) is 11.4 Å². The van der Waals surface area contributed by atoms with Crippen LogP contribution in [0.25, 0.3) is 11.4 Å². The van der Waals surface area contributed by atoms with Crippen LogP contribution in [0, 0.1) is 0 Å². The fourth-order valence-corrected chi connectivity index (χ4v) is 1.69. The van der Waals surface area contributed by atoms with Gasteiger partial charge in [0.05, 0.1) is 7.11 Å². The zero-order valence-corrected chi connectivity index (χ0v) is 12.5. The third kappa shape index (κ3) is 3.59. The monoisotopic (exact) mass is 330 g/mol. The Hall–Kier alpha value is -2.62. The van der Waals surface area contributed by atoms with Gasteiger partial charge in [0.2, 0.25) is 5.82 Å². The van der Waals surface area contributed by atoms with E-state index in [9.17, 15) is 18.0 Å². The minimum Gasteiger partial charge on any atom is -0.329 e. The van der Waals surface area contributed by atoms with Crippen LogP contribution >= 0.6 is 0 Å². The van der Waals surface area contributed by atoms with Gasteiger partial charge in [-0.3, -0.25) is 9.74 Å². The Morgan fingerprint density at radius 3 is 2.30 bits per heavy atom. The molecular formula is C13H13F3N4O3.